The standard InChI is InChI=1S/C18H27NO/c1-4-10-19-17(18-7-5-6-11-20-18)13-16-12-14(2)8-9-15(16)3/h7-9,12,17,19H,4-6,10-11,13H2,1-3H3. The van der Waals surface area contributed by atoms with Crippen LogP contribution < -0.4 is 5.32 Å². The molecule has 1 aliphatic heterocycles. The highest BCUT2D eigenvalue weighted by Gasteiger charge is 2.18. The monoisotopic (exact) mass is 273 g/mol. The van der Waals surface area contributed by atoms with E-state index < -0.39 is 0 Å². The third-order valence-corrected chi connectivity index (χ3v) is 3.88. The summed E-state index contributed by atoms with van der Waals surface area (Å²) in [5.74, 6) is 1.14. The van der Waals surface area contributed by atoms with E-state index in [2.05, 4.69) is 50.4 Å². The summed E-state index contributed by atoms with van der Waals surface area (Å²) in [5, 5.41) is 3.64. The zero-order chi connectivity index (χ0) is 14.4. The number of benzene rings is 1. The van der Waals surface area contributed by atoms with E-state index in [0.717, 1.165) is 44.6 Å². The van der Waals surface area contributed by atoms with Gasteiger partial charge in [-0.2, -0.15) is 0 Å². The van der Waals surface area contributed by atoms with Gasteiger partial charge in [0.15, 0.2) is 0 Å². The van der Waals surface area contributed by atoms with Gasteiger partial charge in [0.2, 0.25) is 0 Å². The fraction of sp³-hybridized carbons (Fsp3) is 0.556. The Bertz CT molecular complexity index is 464. The van der Waals surface area contributed by atoms with Gasteiger partial charge in [-0.25, -0.2) is 0 Å². The van der Waals surface area contributed by atoms with E-state index in [9.17, 15) is 0 Å². The molecule has 1 aromatic rings. The van der Waals surface area contributed by atoms with Gasteiger partial charge in [0.25, 0.3) is 0 Å². The molecule has 0 saturated heterocycles. The Kier molecular flexibility index (Phi) is 5.66. The summed E-state index contributed by atoms with van der Waals surface area (Å²) in [6, 6.07) is 7.02. The first-order valence-electron chi connectivity index (χ1n) is 7.83. The van der Waals surface area contributed by atoms with Crippen LogP contribution in [0.3, 0.4) is 0 Å². The molecule has 0 aliphatic carbocycles. The third kappa shape index (κ3) is 4.11. The first-order valence-corrected chi connectivity index (χ1v) is 7.83. The van der Waals surface area contributed by atoms with Crippen molar-refractivity contribution in [2.45, 2.75) is 52.5 Å². The van der Waals surface area contributed by atoms with Gasteiger partial charge in [-0.1, -0.05) is 30.7 Å². The highest BCUT2D eigenvalue weighted by Crippen LogP contribution is 2.20. The molecule has 0 aromatic heterocycles. The smallest absolute Gasteiger partial charge is 0.109 e. The van der Waals surface area contributed by atoms with Crippen molar-refractivity contribution in [1.29, 1.82) is 0 Å². The average Bonchev–Trinajstić information content (AvgIpc) is 2.48. The molecule has 1 atom stereocenters. The Morgan fingerprint density at radius 2 is 2.15 bits per heavy atom. The highest BCUT2D eigenvalue weighted by molar-refractivity contribution is 5.32. The molecule has 1 aliphatic rings. The van der Waals surface area contributed by atoms with Crippen molar-refractivity contribution >= 4 is 0 Å². The van der Waals surface area contributed by atoms with Crippen LogP contribution >= 0.6 is 0 Å². The maximum absolute atomic E-state index is 5.88. The lowest BCUT2D eigenvalue weighted by Gasteiger charge is -2.25. The lowest BCUT2D eigenvalue weighted by molar-refractivity contribution is 0.167. The molecule has 1 unspecified atom stereocenters. The van der Waals surface area contributed by atoms with Crippen molar-refractivity contribution < 1.29 is 4.74 Å². The van der Waals surface area contributed by atoms with E-state index in [1.165, 1.54) is 16.7 Å². The van der Waals surface area contributed by atoms with Crippen LogP contribution in [0.1, 0.15) is 42.9 Å². The van der Waals surface area contributed by atoms with Crippen LogP contribution in [-0.4, -0.2) is 19.2 Å². The summed E-state index contributed by atoms with van der Waals surface area (Å²) < 4.78 is 5.88. The number of hydrogen-bond acceptors (Lipinski definition) is 2. The van der Waals surface area contributed by atoms with Crippen LogP contribution in [0.5, 0.6) is 0 Å². The van der Waals surface area contributed by atoms with Gasteiger partial charge in [-0.15, -0.1) is 0 Å². The Morgan fingerprint density at radius 3 is 2.85 bits per heavy atom. The van der Waals surface area contributed by atoms with Crippen LogP contribution in [-0.2, 0) is 11.2 Å². The van der Waals surface area contributed by atoms with Gasteiger partial charge < -0.3 is 10.1 Å². The van der Waals surface area contributed by atoms with E-state index in [4.69, 9.17) is 4.74 Å². The second-order valence-electron chi connectivity index (χ2n) is 5.74. The number of aryl methyl sites for hydroxylation is 2. The Labute approximate surface area is 123 Å². The number of allylic oxidation sites excluding steroid dienone is 1. The van der Waals surface area contributed by atoms with E-state index in [1.807, 2.05) is 0 Å². The number of ether oxygens (including phenoxy) is 1. The fourth-order valence-electron chi connectivity index (χ4n) is 2.65. The molecular formula is C18H27NO. The Balaban J connectivity index is 2.14. The predicted molar refractivity (Wildman–Crippen MR) is 85.0 cm³/mol. The van der Waals surface area contributed by atoms with E-state index in [1.54, 1.807) is 0 Å². The largest absolute Gasteiger partial charge is 0.497 e. The molecule has 2 rings (SSSR count). The second kappa shape index (κ2) is 7.49. The van der Waals surface area contributed by atoms with Crippen LogP contribution in [0.2, 0.25) is 0 Å². The van der Waals surface area contributed by atoms with Gasteiger partial charge in [0.1, 0.15) is 5.76 Å². The SMILES string of the molecule is CCCNC(Cc1cc(C)ccc1C)C1=CCCCO1. The van der Waals surface area contributed by atoms with Crippen molar-refractivity contribution in [2.75, 3.05) is 13.2 Å². The fourth-order valence-corrected chi connectivity index (χ4v) is 2.65. The topological polar surface area (TPSA) is 21.3 Å². The van der Waals surface area contributed by atoms with Crippen LogP contribution in [0.15, 0.2) is 30.0 Å². The van der Waals surface area contributed by atoms with Crippen LogP contribution in [0.25, 0.3) is 0 Å². The molecule has 0 spiro atoms. The Hall–Kier alpha value is -1.28. The number of hydrogen-bond donors (Lipinski definition) is 1. The summed E-state index contributed by atoms with van der Waals surface area (Å²) >= 11 is 0. The average molecular weight is 273 g/mol. The quantitative estimate of drug-likeness (QED) is 0.848. The second-order valence-corrected chi connectivity index (χ2v) is 5.74. The normalized spacial score (nSPS) is 16.4. The zero-order valence-corrected chi connectivity index (χ0v) is 13.0. The minimum Gasteiger partial charge on any atom is -0.497 e. The van der Waals surface area contributed by atoms with Crippen molar-refractivity contribution in [2.24, 2.45) is 0 Å². The number of rotatable bonds is 6. The Morgan fingerprint density at radius 1 is 1.30 bits per heavy atom. The van der Waals surface area contributed by atoms with Gasteiger partial charge in [0, 0.05) is 0 Å². The minimum absolute atomic E-state index is 0.316. The third-order valence-electron chi connectivity index (χ3n) is 3.88. The summed E-state index contributed by atoms with van der Waals surface area (Å²) in [6.07, 6.45) is 6.72. The molecule has 0 saturated carbocycles. The van der Waals surface area contributed by atoms with Crippen molar-refractivity contribution in [3.05, 3.63) is 46.7 Å². The van der Waals surface area contributed by atoms with Crippen molar-refractivity contribution in [3.63, 3.8) is 0 Å². The summed E-state index contributed by atoms with van der Waals surface area (Å²) in [5.41, 5.74) is 4.13. The molecule has 2 nitrogen and oxygen atoms in total. The summed E-state index contributed by atoms with van der Waals surface area (Å²) in [4.78, 5) is 0. The molecule has 1 aromatic carbocycles. The first kappa shape index (κ1) is 15.1. The molecule has 110 valence electrons. The van der Waals surface area contributed by atoms with Gasteiger partial charge >= 0.3 is 0 Å². The highest BCUT2D eigenvalue weighted by atomic mass is 16.5. The zero-order valence-electron chi connectivity index (χ0n) is 13.0. The summed E-state index contributed by atoms with van der Waals surface area (Å²) in [6.45, 7) is 8.47. The molecule has 0 radical (unpaired) electrons. The first-order chi connectivity index (χ1) is 9.70. The molecule has 20 heavy (non-hydrogen) atoms. The van der Waals surface area contributed by atoms with Crippen LogP contribution in [0.4, 0.5) is 0 Å². The predicted octanol–water partition coefficient (Wildman–Crippen LogP) is 3.91. The van der Waals surface area contributed by atoms with E-state index in [-0.39, 0.29) is 0 Å². The van der Waals surface area contributed by atoms with Gasteiger partial charge in [0.05, 0.1) is 12.6 Å². The van der Waals surface area contributed by atoms with Crippen molar-refractivity contribution in [1.82, 2.24) is 5.32 Å². The molecule has 0 fully saturated rings. The molecule has 2 heteroatoms. The maximum Gasteiger partial charge on any atom is 0.109 e. The van der Waals surface area contributed by atoms with Crippen LogP contribution in [0, 0.1) is 13.8 Å². The lowest BCUT2D eigenvalue weighted by Crippen LogP contribution is -2.35. The molecule has 0 bridgehead atoms. The molecule has 0 amide bonds. The minimum atomic E-state index is 0.316. The lowest BCUT2D eigenvalue weighted by atomic mass is 9.97. The van der Waals surface area contributed by atoms with Crippen molar-refractivity contribution in [3.8, 4) is 0 Å². The summed E-state index contributed by atoms with van der Waals surface area (Å²) in [7, 11) is 0. The van der Waals surface area contributed by atoms with E-state index in [0.29, 0.717) is 6.04 Å². The molecular weight excluding hydrogens is 246 g/mol. The van der Waals surface area contributed by atoms with Gasteiger partial charge in [-0.3, -0.25) is 0 Å². The van der Waals surface area contributed by atoms with Gasteiger partial charge in [-0.05, 0) is 63.3 Å². The molecule has 1 heterocycles. The van der Waals surface area contributed by atoms with E-state index >= 15 is 0 Å². The number of nitrogens with one attached hydrogen (secondary N) is 1. The molecule has 1 N–H and O–H groups in total. The maximum atomic E-state index is 5.88.